The molecule has 5 nitrogen and oxygen atoms in total. The van der Waals surface area contributed by atoms with Crippen molar-refractivity contribution in [3.63, 3.8) is 0 Å². The SMILES string of the molecule is COc1cccc(Cn2c(C)c(C3=CCN(S(=O)(=O)c4ccc5c(c4)CCCC5)CC3)c3ccccc32)c1. The zero-order valence-corrected chi connectivity index (χ0v) is 22.9. The lowest BCUT2D eigenvalue weighted by atomic mass is 9.92. The van der Waals surface area contributed by atoms with Crippen LogP contribution >= 0.6 is 0 Å². The van der Waals surface area contributed by atoms with Crippen molar-refractivity contribution in [2.45, 2.75) is 50.5 Å². The molecule has 6 heteroatoms. The smallest absolute Gasteiger partial charge is 0.243 e. The number of rotatable bonds is 6. The van der Waals surface area contributed by atoms with E-state index in [1.807, 2.05) is 24.3 Å². The maximum atomic E-state index is 13.5. The van der Waals surface area contributed by atoms with Gasteiger partial charge in [-0.15, -0.1) is 0 Å². The third-order valence-electron chi connectivity index (χ3n) is 8.16. The molecule has 0 amide bonds. The van der Waals surface area contributed by atoms with Gasteiger partial charge in [-0.05, 0) is 91.6 Å². The van der Waals surface area contributed by atoms with Crippen LogP contribution in [0, 0.1) is 6.92 Å². The highest BCUT2D eigenvalue weighted by molar-refractivity contribution is 7.89. The number of fused-ring (bicyclic) bond motifs is 2. The summed E-state index contributed by atoms with van der Waals surface area (Å²) in [6.45, 7) is 3.80. The summed E-state index contributed by atoms with van der Waals surface area (Å²) in [6, 6.07) is 22.4. The molecule has 0 saturated carbocycles. The molecule has 0 saturated heterocycles. The third kappa shape index (κ3) is 4.46. The Balaban J connectivity index is 1.30. The van der Waals surface area contributed by atoms with Gasteiger partial charge in [-0.2, -0.15) is 4.31 Å². The number of para-hydroxylation sites is 1. The van der Waals surface area contributed by atoms with E-state index in [-0.39, 0.29) is 0 Å². The van der Waals surface area contributed by atoms with Crippen LogP contribution in [0.2, 0.25) is 0 Å². The molecule has 0 spiro atoms. The first-order valence-electron chi connectivity index (χ1n) is 13.5. The Bertz CT molecular complexity index is 1650. The molecule has 1 aliphatic heterocycles. The molecular weight excluding hydrogens is 492 g/mol. The number of hydrogen-bond donors (Lipinski definition) is 0. The molecule has 38 heavy (non-hydrogen) atoms. The fourth-order valence-corrected chi connectivity index (χ4v) is 7.54. The van der Waals surface area contributed by atoms with E-state index in [0.717, 1.165) is 31.6 Å². The third-order valence-corrected chi connectivity index (χ3v) is 10.0. The van der Waals surface area contributed by atoms with Crippen molar-refractivity contribution in [2.24, 2.45) is 0 Å². The highest BCUT2D eigenvalue weighted by Crippen LogP contribution is 2.36. The summed E-state index contributed by atoms with van der Waals surface area (Å²) in [4.78, 5) is 0.432. The number of ether oxygens (including phenoxy) is 1. The number of methoxy groups -OCH3 is 1. The molecule has 1 aromatic heterocycles. The highest BCUT2D eigenvalue weighted by atomic mass is 32.2. The second-order valence-electron chi connectivity index (χ2n) is 10.4. The van der Waals surface area contributed by atoms with Gasteiger partial charge in [0.05, 0.1) is 12.0 Å². The van der Waals surface area contributed by atoms with Crippen molar-refractivity contribution in [2.75, 3.05) is 20.2 Å². The Morgan fingerprint density at radius 2 is 1.71 bits per heavy atom. The van der Waals surface area contributed by atoms with Crippen LogP contribution in [0.4, 0.5) is 0 Å². The predicted octanol–water partition coefficient (Wildman–Crippen LogP) is 6.36. The molecule has 0 fully saturated rings. The molecule has 2 heterocycles. The van der Waals surface area contributed by atoms with Crippen molar-refractivity contribution < 1.29 is 13.2 Å². The first-order valence-corrected chi connectivity index (χ1v) is 14.9. The monoisotopic (exact) mass is 526 g/mol. The Labute approximate surface area is 225 Å². The summed E-state index contributed by atoms with van der Waals surface area (Å²) in [5.41, 5.74) is 8.52. The molecule has 2 aliphatic rings. The first-order chi connectivity index (χ1) is 18.5. The molecule has 6 rings (SSSR count). The largest absolute Gasteiger partial charge is 0.497 e. The maximum Gasteiger partial charge on any atom is 0.243 e. The van der Waals surface area contributed by atoms with Crippen molar-refractivity contribution >= 4 is 26.5 Å². The van der Waals surface area contributed by atoms with Crippen molar-refractivity contribution in [1.29, 1.82) is 0 Å². The summed E-state index contributed by atoms with van der Waals surface area (Å²) in [5.74, 6) is 0.854. The van der Waals surface area contributed by atoms with E-state index in [1.54, 1.807) is 17.5 Å². The van der Waals surface area contributed by atoms with Crippen LogP contribution in [0.25, 0.3) is 16.5 Å². The number of aromatic nitrogens is 1. The maximum absolute atomic E-state index is 13.5. The highest BCUT2D eigenvalue weighted by Gasteiger charge is 2.29. The van der Waals surface area contributed by atoms with Crippen LogP contribution in [-0.2, 0) is 29.4 Å². The van der Waals surface area contributed by atoms with Gasteiger partial charge < -0.3 is 9.30 Å². The van der Waals surface area contributed by atoms with E-state index in [0.29, 0.717) is 24.4 Å². The zero-order valence-electron chi connectivity index (χ0n) is 22.1. The number of nitrogens with zero attached hydrogens (tertiary/aromatic N) is 2. The van der Waals surface area contributed by atoms with Crippen molar-refractivity contribution in [3.8, 4) is 5.75 Å². The van der Waals surface area contributed by atoms with Crippen LogP contribution in [-0.4, -0.2) is 37.5 Å². The molecule has 0 N–H and O–H groups in total. The fraction of sp³-hybridized carbons (Fsp3) is 0.312. The lowest BCUT2D eigenvalue weighted by Gasteiger charge is -2.27. The van der Waals surface area contributed by atoms with Gasteiger partial charge in [0, 0.05) is 41.8 Å². The van der Waals surface area contributed by atoms with Gasteiger partial charge in [-0.25, -0.2) is 8.42 Å². The Morgan fingerprint density at radius 3 is 2.50 bits per heavy atom. The quantitative estimate of drug-likeness (QED) is 0.294. The zero-order chi connectivity index (χ0) is 26.3. The summed E-state index contributed by atoms with van der Waals surface area (Å²) in [7, 11) is -1.83. The normalized spacial score (nSPS) is 16.3. The minimum absolute atomic E-state index is 0.392. The van der Waals surface area contributed by atoms with Crippen molar-refractivity contribution in [1.82, 2.24) is 8.87 Å². The Morgan fingerprint density at radius 1 is 0.895 bits per heavy atom. The van der Waals surface area contributed by atoms with Crippen LogP contribution in [0.1, 0.15) is 47.2 Å². The number of hydrogen-bond acceptors (Lipinski definition) is 3. The van der Waals surface area contributed by atoms with Gasteiger partial charge in [0.25, 0.3) is 0 Å². The van der Waals surface area contributed by atoms with Crippen LogP contribution in [0.15, 0.2) is 77.7 Å². The van der Waals surface area contributed by atoms with Gasteiger partial charge >= 0.3 is 0 Å². The molecule has 196 valence electrons. The van der Waals surface area contributed by atoms with Crippen LogP contribution in [0.5, 0.6) is 5.75 Å². The second kappa shape index (κ2) is 10.1. The van der Waals surface area contributed by atoms with Gasteiger partial charge in [-0.1, -0.05) is 42.5 Å². The Hall–Kier alpha value is -3.35. The lowest BCUT2D eigenvalue weighted by Crippen LogP contribution is -2.34. The van der Waals surface area contributed by atoms with E-state index in [9.17, 15) is 8.42 Å². The fourth-order valence-electron chi connectivity index (χ4n) is 6.11. The molecule has 3 aromatic carbocycles. The van der Waals surface area contributed by atoms with E-state index in [1.165, 1.54) is 50.8 Å². The number of benzene rings is 3. The lowest BCUT2D eigenvalue weighted by molar-refractivity contribution is 0.414. The molecule has 0 bridgehead atoms. The van der Waals surface area contributed by atoms with Crippen molar-refractivity contribution in [3.05, 3.63) is 101 Å². The first kappa shape index (κ1) is 25.0. The number of aryl methyl sites for hydroxylation is 2. The summed E-state index contributed by atoms with van der Waals surface area (Å²) in [5, 5.41) is 1.21. The average Bonchev–Trinajstić information content (AvgIpc) is 3.23. The predicted molar refractivity (Wildman–Crippen MR) is 153 cm³/mol. The molecule has 4 aromatic rings. The summed E-state index contributed by atoms with van der Waals surface area (Å²) < 4.78 is 36.5. The van der Waals surface area contributed by atoms with E-state index >= 15 is 0 Å². The van der Waals surface area contributed by atoms with Gasteiger partial charge in [0.15, 0.2) is 0 Å². The molecule has 0 atom stereocenters. The van der Waals surface area contributed by atoms with E-state index in [4.69, 9.17) is 4.74 Å². The van der Waals surface area contributed by atoms with Gasteiger partial charge in [-0.3, -0.25) is 0 Å². The summed E-state index contributed by atoms with van der Waals surface area (Å²) in [6.07, 6.45) is 7.16. The summed E-state index contributed by atoms with van der Waals surface area (Å²) >= 11 is 0. The Kier molecular flexibility index (Phi) is 6.62. The van der Waals surface area contributed by atoms with Crippen LogP contribution in [0.3, 0.4) is 0 Å². The number of sulfonamides is 1. The topological polar surface area (TPSA) is 51.5 Å². The molecular formula is C32H34N2O3S. The van der Waals surface area contributed by atoms with E-state index < -0.39 is 10.0 Å². The minimum atomic E-state index is -3.52. The molecule has 0 unspecified atom stereocenters. The standard InChI is InChI=1S/C32H34N2O3S/c1-23-32(30-12-5-6-13-31(30)34(23)22-24-8-7-11-28(20-24)37-2)26-16-18-33(19-17-26)38(35,36)29-15-14-25-9-3-4-10-27(25)21-29/h5-8,11-16,20-21H,3-4,9-10,17-19,22H2,1-2H3. The molecule has 1 aliphatic carbocycles. The van der Waals surface area contributed by atoms with E-state index in [2.05, 4.69) is 54.0 Å². The van der Waals surface area contributed by atoms with Gasteiger partial charge in [0.2, 0.25) is 10.0 Å². The van der Waals surface area contributed by atoms with Gasteiger partial charge in [0.1, 0.15) is 5.75 Å². The van der Waals surface area contributed by atoms with Crippen LogP contribution < -0.4 is 4.74 Å². The minimum Gasteiger partial charge on any atom is -0.497 e. The molecule has 0 radical (unpaired) electrons. The average molecular weight is 527 g/mol. The second-order valence-corrected chi connectivity index (χ2v) is 12.3.